The van der Waals surface area contributed by atoms with Crippen molar-refractivity contribution in [2.24, 2.45) is 0 Å². The van der Waals surface area contributed by atoms with E-state index in [0.29, 0.717) is 22.0 Å². The first-order valence-corrected chi connectivity index (χ1v) is 10.7. The van der Waals surface area contributed by atoms with E-state index >= 15 is 0 Å². The number of sulfonamides is 1. The second-order valence-corrected chi connectivity index (χ2v) is 8.78. The molecule has 0 aliphatic carbocycles. The topological polar surface area (TPSA) is 121 Å². The van der Waals surface area contributed by atoms with Gasteiger partial charge in [-0.25, -0.2) is 13.2 Å². The number of aromatic amines is 2. The number of carbonyl (C=O) groups excluding carboxylic acids is 1. The zero-order valence-corrected chi connectivity index (χ0v) is 16.2. The van der Waals surface area contributed by atoms with Crippen molar-refractivity contribution in [3.05, 3.63) is 57.8 Å². The molecule has 4 aromatic rings. The Labute approximate surface area is 163 Å². The van der Waals surface area contributed by atoms with Crippen molar-refractivity contribution in [2.75, 3.05) is 11.3 Å². The summed E-state index contributed by atoms with van der Waals surface area (Å²) in [6, 6.07) is 7.87. The summed E-state index contributed by atoms with van der Waals surface area (Å²) in [4.78, 5) is 30.1. The molecule has 3 N–H and O–H groups in total. The van der Waals surface area contributed by atoms with E-state index in [2.05, 4.69) is 14.7 Å². The molecule has 0 atom stereocenters. The average Bonchev–Trinajstić information content (AvgIpc) is 3.33. The summed E-state index contributed by atoms with van der Waals surface area (Å²) in [5.74, 6) is -0.565. The van der Waals surface area contributed by atoms with E-state index in [1.807, 2.05) is 0 Å². The monoisotopic (exact) mass is 417 g/mol. The van der Waals surface area contributed by atoms with Gasteiger partial charge in [0.2, 0.25) is 0 Å². The van der Waals surface area contributed by atoms with Crippen LogP contribution in [0.1, 0.15) is 17.3 Å². The molecule has 0 aliphatic rings. The molecule has 8 nitrogen and oxygen atoms in total. The van der Waals surface area contributed by atoms with Gasteiger partial charge in [0.25, 0.3) is 15.6 Å². The Hall–Kier alpha value is -3.11. The smallest absolute Gasteiger partial charge is 0.340 e. The van der Waals surface area contributed by atoms with E-state index in [-0.39, 0.29) is 27.5 Å². The molecule has 0 fully saturated rings. The molecule has 0 saturated carbocycles. The van der Waals surface area contributed by atoms with E-state index < -0.39 is 16.0 Å². The summed E-state index contributed by atoms with van der Waals surface area (Å²) in [5.41, 5.74) is 0.831. The first kappa shape index (κ1) is 18.3. The van der Waals surface area contributed by atoms with Crippen LogP contribution in [0.4, 0.5) is 5.69 Å². The highest BCUT2D eigenvalue weighted by atomic mass is 32.2. The van der Waals surface area contributed by atoms with Crippen LogP contribution in [0.2, 0.25) is 0 Å². The number of nitrogens with one attached hydrogen (secondary N) is 3. The second kappa shape index (κ2) is 6.80. The van der Waals surface area contributed by atoms with Crippen molar-refractivity contribution < 1.29 is 17.9 Å². The molecule has 1 aromatic carbocycles. The zero-order valence-electron chi connectivity index (χ0n) is 14.6. The lowest BCUT2D eigenvalue weighted by Crippen LogP contribution is -2.12. The number of thiophene rings is 1. The number of aromatic nitrogens is 2. The number of esters is 1. The minimum atomic E-state index is -3.72. The van der Waals surface area contributed by atoms with Crippen molar-refractivity contribution in [2.45, 2.75) is 11.1 Å². The lowest BCUT2D eigenvalue weighted by molar-refractivity contribution is 0.0529. The van der Waals surface area contributed by atoms with Gasteiger partial charge in [-0.15, -0.1) is 11.3 Å². The van der Waals surface area contributed by atoms with Gasteiger partial charge in [-0.1, -0.05) is 6.07 Å². The summed E-state index contributed by atoms with van der Waals surface area (Å²) >= 11 is 1.11. The minimum Gasteiger partial charge on any atom is -0.462 e. The molecule has 0 radical (unpaired) electrons. The Bertz CT molecular complexity index is 1350. The van der Waals surface area contributed by atoms with Crippen LogP contribution in [0.15, 0.2) is 50.9 Å². The number of fused-ring (bicyclic) bond motifs is 3. The van der Waals surface area contributed by atoms with Crippen LogP contribution in [0.3, 0.4) is 0 Å². The van der Waals surface area contributed by atoms with Gasteiger partial charge < -0.3 is 14.7 Å². The summed E-state index contributed by atoms with van der Waals surface area (Å²) in [5, 5.41) is 2.58. The molecule has 0 aliphatic heterocycles. The highest BCUT2D eigenvalue weighted by Crippen LogP contribution is 2.29. The Kier molecular flexibility index (Phi) is 4.44. The molecule has 3 heterocycles. The number of hydrogen-bond acceptors (Lipinski definition) is 6. The SMILES string of the molecule is CCOC(=O)c1c[nH]c2c(=O)[nH]c3ccc(NS(=O)(=O)c4cccs4)cc3c12. The highest BCUT2D eigenvalue weighted by molar-refractivity contribution is 7.94. The maximum atomic E-state index is 12.5. The van der Waals surface area contributed by atoms with E-state index in [4.69, 9.17) is 4.74 Å². The van der Waals surface area contributed by atoms with E-state index in [0.717, 1.165) is 11.3 Å². The molecule has 28 heavy (non-hydrogen) atoms. The van der Waals surface area contributed by atoms with Crippen LogP contribution in [-0.2, 0) is 14.8 Å². The molecule has 0 amide bonds. The van der Waals surface area contributed by atoms with Crippen molar-refractivity contribution in [1.82, 2.24) is 9.97 Å². The maximum Gasteiger partial charge on any atom is 0.340 e. The Balaban J connectivity index is 1.90. The van der Waals surface area contributed by atoms with Gasteiger partial charge in [0.1, 0.15) is 9.73 Å². The van der Waals surface area contributed by atoms with Crippen molar-refractivity contribution in [3.63, 3.8) is 0 Å². The van der Waals surface area contributed by atoms with Crippen LogP contribution in [0.5, 0.6) is 0 Å². The predicted octanol–water partition coefficient (Wildman–Crippen LogP) is 3.05. The first-order valence-electron chi connectivity index (χ1n) is 8.31. The third-order valence-electron chi connectivity index (χ3n) is 4.15. The number of benzene rings is 1. The predicted molar refractivity (Wildman–Crippen MR) is 108 cm³/mol. The molecule has 0 saturated heterocycles. The van der Waals surface area contributed by atoms with Gasteiger partial charge in [-0.2, -0.15) is 0 Å². The number of rotatable bonds is 5. The van der Waals surface area contributed by atoms with Crippen molar-refractivity contribution in [3.8, 4) is 0 Å². The molecule has 10 heteroatoms. The molecule has 0 spiro atoms. The molecule has 3 aromatic heterocycles. The summed E-state index contributed by atoms with van der Waals surface area (Å²) in [6.45, 7) is 1.88. The van der Waals surface area contributed by atoms with Crippen LogP contribution < -0.4 is 10.3 Å². The van der Waals surface area contributed by atoms with Gasteiger partial charge in [0.15, 0.2) is 0 Å². The Morgan fingerprint density at radius 1 is 1.29 bits per heavy atom. The van der Waals surface area contributed by atoms with Gasteiger partial charge in [0, 0.05) is 28.2 Å². The number of hydrogen-bond donors (Lipinski definition) is 3. The van der Waals surface area contributed by atoms with E-state index in [1.54, 1.807) is 36.6 Å². The summed E-state index contributed by atoms with van der Waals surface area (Å²) in [6.07, 6.45) is 1.42. The molecule has 0 bridgehead atoms. The number of ether oxygens (including phenoxy) is 1. The fourth-order valence-corrected chi connectivity index (χ4v) is 5.02. The lowest BCUT2D eigenvalue weighted by Gasteiger charge is -2.09. The Morgan fingerprint density at radius 2 is 2.11 bits per heavy atom. The van der Waals surface area contributed by atoms with Crippen LogP contribution in [-0.4, -0.2) is 31.0 Å². The number of pyridine rings is 1. The fraction of sp³-hybridized carbons (Fsp3) is 0.111. The molecular formula is C18H15N3O5S2. The average molecular weight is 417 g/mol. The third-order valence-corrected chi connectivity index (χ3v) is 6.93. The zero-order chi connectivity index (χ0) is 19.9. The summed E-state index contributed by atoms with van der Waals surface area (Å²) in [7, 11) is -3.72. The summed E-state index contributed by atoms with van der Waals surface area (Å²) < 4.78 is 32.7. The van der Waals surface area contributed by atoms with Gasteiger partial charge in [-0.05, 0) is 36.6 Å². The van der Waals surface area contributed by atoms with Gasteiger partial charge in [0.05, 0.1) is 12.2 Å². The molecular weight excluding hydrogens is 402 g/mol. The largest absolute Gasteiger partial charge is 0.462 e. The molecule has 0 unspecified atom stereocenters. The number of anilines is 1. The van der Waals surface area contributed by atoms with Crippen molar-refractivity contribution in [1.29, 1.82) is 0 Å². The van der Waals surface area contributed by atoms with Gasteiger partial charge in [-0.3, -0.25) is 9.52 Å². The normalized spacial score (nSPS) is 11.8. The van der Waals surface area contributed by atoms with Crippen molar-refractivity contribution >= 4 is 54.8 Å². The fourth-order valence-electron chi connectivity index (χ4n) is 2.98. The molecule has 144 valence electrons. The van der Waals surface area contributed by atoms with Crippen LogP contribution >= 0.6 is 11.3 Å². The number of H-pyrrole nitrogens is 2. The maximum absolute atomic E-state index is 12.5. The highest BCUT2D eigenvalue weighted by Gasteiger charge is 2.20. The lowest BCUT2D eigenvalue weighted by atomic mass is 10.1. The minimum absolute atomic E-state index is 0.188. The van der Waals surface area contributed by atoms with E-state index in [9.17, 15) is 18.0 Å². The standard InChI is InChI=1S/C18H15N3O5S2/c1-2-26-18(23)12-9-19-16-15(12)11-8-10(5-6-13(11)20-17(16)22)21-28(24,25)14-4-3-7-27-14/h3-9,19,21H,2H2,1H3,(H,20,22). The molecule has 4 rings (SSSR count). The van der Waals surface area contributed by atoms with E-state index in [1.165, 1.54) is 12.3 Å². The number of carbonyl (C=O) groups is 1. The third kappa shape index (κ3) is 3.06. The second-order valence-electron chi connectivity index (χ2n) is 5.92. The van der Waals surface area contributed by atoms with Gasteiger partial charge >= 0.3 is 5.97 Å². The van der Waals surface area contributed by atoms with Crippen LogP contribution in [0, 0.1) is 0 Å². The first-order chi connectivity index (χ1) is 13.4. The van der Waals surface area contributed by atoms with Crippen LogP contribution in [0.25, 0.3) is 21.8 Å². The Morgan fingerprint density at radius 3 is 2.82 bits per heavy atom. The quantitative estimate of drug-likeness (QED) is 0.431.